The van der Waals surface area contributed by atoms with Gasteiger partial charge in [-0.25, -0.2) is 14.5 Å². The molecule has 1 aliphatic rings. The zero-order valence-electron chi connectivity index (χ0n) is 20.0. The summed E-state index contributed by atoms with van der Waals surface area (Å²) in [6, 6.07) is 15.4. The van der Waals surface area contributed by atoms with E-state index in [1.54, 1.807) is 19.9 Å². The van der Waals surface area contributed by atoms with Crippen LogP contribution < -0.4 is 4.90 Å². The quantitative estimate of drug-likeness (QED) is 0.279. The maximum absolute atomic E-state index is 13.0. The monoisotopic (exact) mass is 485 g/mol. The number of ether oxygens (including phenoxy) is 2. The van der Waals surface area contributed by atoms with Gasteiger partial charge in [-0.2, -0.15) is 0 Å². The predicted molar refractivity (Wildman–Crippen MR) is 131 cm³/mol. The highest BCUT2D eigenvalue weighted by atomic mass is 16.5. The lowest BCUT2D eigenvalue weighted by Gasteiger charge is -2.14. The van der Waals surface area contributed by atoms with Crippen molar-refractivity contribution in [3.05, 3.63) is 99.6 Å². The van der Waals surface area contributed by atoms with E-state index in [-0.39, 0.29) is 40.3 Å². The molecule has 1 aliphatic heterocycles. The van der Waals surface area contributed by atoms with Gasteiger partial charge in [-0.1, -0.05) is 17.7 Å². The van der Waals surface area contributed by atoms with Gasteiger partial charge in [-0.15, -0.1) is 0 Å². The fraction of sp³-hybridized carbons (Fsp3) is 0.179. The highest BCUT2D eigenvalue weighted by molar-refractivity contribution is 6.34. The van der Waals surface area contributed by atoms with Gasteiger partial charge >= 0.3 is 11.9 Å². The van der Waals surface area contributed by atoms with Crippen molar-refractivity contribution in [2.24, 2.45) is 0 Å². The molecule has 8 nitrogen and oxygen atoms in total. The van der Waals surface area contributed by atoms with E-state index in [1.807, 2.05) is 19.1 Å². The van der Waals surface area contributed by atoms with Crippen LogP contribution >= 0.6 is 0 Å². The Hall–Kier alpha value is -4.59. The lowest BCUT2D eigenvalue weighted by molar-refractivity contribution is 0.0474. The van der Waals surface area contributed by atoms with Crippen LogP contribution in [0.4, 0.5) is 5.69 Å². The van der Waals surface area contributed by atoms with Crippen molar-refractivity contribution >= 4 is 35.2 Å². The van der Waals surface area contributed by atoms with E-state index in [1.165, 1.54) is 42.5 Å². The maximum Gasteiger partial charge on any atom is 0.338 e. The van der Waals surface area contributed by atoms with Crippen molar-refractivity contribution in [2.75, 3.05) is 18.1 Å². The zero-order chi connectivity index (χ0) is 26.0. The number of hydrogen-bond acceptors (Lipinski definition) is 7. The first-order chi connectivity index (χ1) is 17.2. The van der Waals surface area contributed by atoms with Gasteiger partial charge in [-0.3, -0.25) is 14.4 Å². The second-order valence-corrected chi connectivity index (χ2v) is 8.29. The minimum Gasteiger partial charge on any atom is -0.462 e. The summed E-state index contributed by atoms with van der Waals surface area (Å²) < 4.78 is 10.1. The molecule has 0 saturated heterocycles. The van der Waals surface area contributed by atoms with Crippen molar-refractivity contribution in [1.29, 1.82) is 0 Å². The number of imide groups is 1. The number of aryl methyl sites for hydroxylation is 2. The van der Waals surface area contributed by atoms with Gasteiger partial charge in [0, 0.05) is 5.56 Å². The average Bonchev–Trinajstić information content (AvgIpc) is 3.13. The largest absolute Gasteiger partial charge is 0.462 e. The second-order valence-electron chi connectivity index (χ2n) is 8.29. The summed E-state index contributed by atoms with van der Waals surface area (Å²) in [7, 11) is 0. The average molecular weight is 485 g/mol. The Kier molecular flexibility index (Phi) is 6.78. The molecule has 0 saturated carbocycles. The molecule has 0 atom stereocenters. The number of hydrogen-bond donors (Lipinski definition) is 0. The number of anilines is 1. The normalized spacial score (nSPS) is 12.4. The number of carbonyl (C=O) groups excluding carboxylic acids is 5. The third-order valence-corrected chi connectivity index (χ3v) is 5.79. The van der Waals surface area contributed by atoms with E-state index in [0.29, 0.717) is 5.56 Å². The number of amides is 2. The van der Waals surface area contributed by atoms with Crippen LogP contribution in [0.25, 0.3) is 0 Å². The van der Waals surface area contributed by atoms with E-state index >= 15 is 0 Å². The minimum absolute atomic E-state index is 0.0446. The molecule has 1 heterocycles. The van der Waals surface area contributed by atoms with Crippen LogP contribution in [0.2, 0.25) is 0 Å². The number of rotatable bonds is 7. The van der Waals surface area contributed by atoms with Gasteiger partial charge in [0.05, 0.1) is 34.5 Å². The summed E-state index contributed by atoms with van der Waals surface area (Å²) >= 11 is 0. The second kappa shape index (κ2) is 9.95. The Morgan fingerprint density at radius 2 is 1.39 bits per heavy atom. The summed E-state index contributed by atoms with van der Waals surface area (Å²) in [6.07, 6.45) is 0. The molecule has 0 aromatic heterocycles. The van der Waals surface area contributed by atoms with Crippen molar-refractivity contribution in [1.82, 2.24) is 0 Å². The lowest BCUT2D eigenvalue weighted by Crippen LogP contribution is -2.29. The Morgan fingerprint density at radius 1 is 0.750 bits per heavy atom. The fourth-order valence-corrected chi connectivity index (χ4v) is 3.89. The molecule has 0 unspecified atom stereocenters. The third kappa shape index (κ3) is 4.65. The number of nitrogens with zero attached hydrogens (tertiary/aromatic N) is 1. The maximum atomic E-state index is 13.0. The molecule has 8 heteroatoms. The molecule has 0 N–H and O–H groups in total. The molecule has 0 radical (unpaired) electrons. The first kappa shape index (κ1) is 24.5. The van der Waals surface area contributed by atoms with Crippen molar-refractivity contribution in [2.45, 2.75) is 20.8 Å². The molecule has 0 aliphatic carbocycles. The molecule has 2 amide bonds. The molecular formula is C28H23NO7. The number of benzene rings is 3. The van der Waals surface area contributed by atoms with Crippen LogP contribution in [0, 0.1) is 13.8 Å². The number of esters is 2. The van der Waals surface area contributed by atoms with Gasteiger partial charge in [0.2, 0.25) is 5.78 Å². The predicted octanol–water partition coefficient (Wildman–Crippen LogP) is 4.32. The van der Waals surface area contributed by atoms with Gasteiger partial charge in [0.15, 0.2) is 6.61 Å². The molecule has 3 aromatic carbocycles. The van der Waals surface area contributed by atoms with Crippen LogP contribution in [0.15, 0.2) is 60.7 Å². The standard InChI is InChI=1S/C28H23NO7/c1-4-35-27(33)18-7-10-20(11-8-18)29-25(31)21-12-9-19(14-23(21)26(29)32)28(34)36-15-24(30)22-13-16(2)5-6-17(22)3/h5-14H,4,15H2,1-3H3. The number of ketones is 1. The van der Waals surface area contributed by atoms with E-state index in [2.05, 4.69) is 0 Å². The molecular weight excluding hydrogens is 462 g/mol. The summed E-state index contributed by atoms with van der Waals surface area (Å²) in [6.45, 7) is 5.13. The van der Waals surface area contributed by atoms with Crippen molar-refractivity contribution in [3.8, 4) is 0 Å². The molecule has 4 rings (SSSR count). The molecule has 0 spiro atoms. The topological polar surface area (TPSA) is 107 Å². The molecule has 3 aromatic rings. The number of fused-ring (bicyclic) bond motifs is 1. The van der Waals surface area contributed by atoms with Crippen LogP contribution in [-0.4, -0.2) is 42.7 Å². The van der Waals surface area contributed by atoms with Crippen molar-refractivity contribution < 1.29 is 33.4 Å². The highest BCUT2D eigenvalue weighted by Crippen LogP contribution is 2.29. The van der Waals surface area contributed by atoms with Crippen LogP contribution in [-0.2, 0) is 9.47 Å². The lowest BCUT2D eigenvalue weighted by atomic mass is 10.0. The van der Waals surface area contributed by atoms with E-state index in [0.717, 1.165) is 16.0 Å². The highest BCUT2D eigenvalue weighted by Gasteiger charge is 2.37. The first-order valence-corrected chi connectivity index (χ1v) is 11.3. The number of Topliss-reactive ketones (excluding diaryl/α,β-unsaturated/α-hetero) is 1. The van der Waals surface area contributed by atoms with Gasteiger partial charge in [0.25, 0.3) is 11.8 Å². The van der Waals surface area contributed by atoms with Gasteiger partial charge in [-0.05, 0) is 74.9 Å². The summed E-state index contributed by atoms with van der Waals surface area (Å²) in [5.74, 6) is -2.79. The van der Waals surface area contributed by atoms with E-state index in [4.69, 9.17) is 9.47 Å². The molecule has 182 valence electrons. The van der Waals surface area contributed by atoms with Gasteiger partial charge in [0.1, 0.15) is 0 Å². The smallest absolute Gasteiger partial charge is 0.338 e. The fourth-order valence-electron chi connectivity index (χ4n) is 3.89. The Morgan fingerprint density at radius 3 is 2.08 bits per heavy atom. The summed E-state index contributed by atoms with van der Waals surface area (Å²) in [5.41, 5.74) is 2.96. The summed E-state index contributed by atoms with van der Waals surface area (Å²) in [5, 5.41) is 0. The Balaban J connectivity index is 1.49. The minimum atomic E-state index is -0.783. The van der Waals surface area contributed by atoms with Crippen LogP contribution in [0.1, 0.15) is 69.8 Å². The van der Waals surface area contributed by atoms with Crippen LogP contribution in [0.5, 0.6) is 0 Å². The third-order valence-electron chi connectivity index (χ3n) is 5.79. The number of carbonyl (C=O) groups is 5. The van der Waals surface area contributed by atoms with Crippen molar-refractivity contribution in [3.63, 3.8) is 0 Å². The van der Waals surface area contributed by atoms with Gasteiger partial charge < -0.3 is 9.47 Å². The Labute approximate surface area is 207 Å². The Bertz CT molecular complexity index is 1410. The molecule has 0 fully saturated rings. The van der Waals surface area contributed by atoms with Crippen LogP contribution in [0.3, 0.4) is 0 Å². The van der Waals surface area contributed by atoms with E-state index in [9.17, 15) is 24.0 Å². The molecule has 0 bridgehead atoms. The zero-order valence-corrected chi connectivity index (χ0v) is 20.0. The SMILES string of the molecule is CCOC(=O)c1ccc(N2C(=O)c3ccc(C(=O)OCC(=O)c4cc(C)ccc4C)cc3C2=O)cc1. The van der Waals surface area contributed by atoms with E-state index < -0.39 is 30.4 Å². The summed E-state index contributed by atoms with van der Waals surface area (Å²) in [4.78, 5) is 63.9. The first-order valence-electron chi connectivity index (χ1n) is 11.3. The molecule has 36 heavy (non-hydrogen) atoms.